The minimum Gasteiger partial charge on any atom is -0.378 e. The molecule has 16 heavy (non-hydrogen) atoms. The van der Waals surface area contributed by atoms with Crippen molar-refractivity contribution in [2.45, 2.75) is 52.2 Å². The van der Waals surface area contributed by atoms with E-state index in [9.17, 15) is 0 Å². The Morgan fingerprint density at radius 1 is 1.25 bits per heavy atom. The van der Waals surface area contributed by atoms with Crippen LogP contribution in [-0.2, 0) is 22.3 Å². The second-order valence-electron chi connectivity index (χ2n) is 5.69. The van der Waals surface area contributed by atoms with Gasteiger partial charge in [0.25, 0.3) is 0 Å². The molecule has 0 aliphatic rings. The number of hydrogen-bond acceptors (Lipinski definition) is 4. The molecule has 0 aromatic carbocycles. The summed E-state index contributed by atoms with van der Waals surface area (Å²) in [6, 6.07) is 0. The van der Waals surface area contributed by atoms with E-state index in [2.05, 4.69) is 25.8 Å². The van der Waals surface area contributed by atoms with Crippen molar-refractivity contribution < 1.29 is 4.74 Å². The molecule has 1 heterocycles. The lowest BCUT2D eigenvalue weighted by Crippen LogP contribution is -2.31. The van der Waals surface area contributed by atoms with Crippen LogP contribution in [-0.4, -0.2) is 12.1 Å². The maximum atomic E-state index is 6.19. The van der Waals surface area contributed by atoms with Crippen LogP contribution in [0.1, 0.15) is 50.2 Å². The number of nitrogens with zero attached hydrogens (tertiary/aromatic N) is 1. The molecule has 1 aromatic rings. The van der Waals surface area contributed by atoms with Crippen LogP contribution in [0.4, 0.5) is 0 Å². The number of nitrogens with two attached hydrogens (primary N) is 1. The first-order valence-electron chi connectivity index (χ1n) is 5.44. The third-order valence-electron chi connectivity index (χ3n) is 2.23. The van der Waals surface area contributed by atoms with E-state index in [-0.39, 0.29) is 11.0 Å². The second kappa shape index (κ2) is 4.43. The lowest BCUT2D eigenvalue weighted by atomic mass is 9.87. The summed E-state index contributed by atoms with van der Waals surface area (Å²) < 4.78 is 5.13. The van der Waals surface area contributed by atoms with Crippen molar-refractivity contribution in [3.63, 3.8) is 0 Å². The van der Waals surface area contributed by atoms with Crippen LogP contribution in [0.5, 0.6) is 0 Å². The van der Waals surface area contributed by atoms with Gasteiger partial charge < -0.3 is 10.5 Å². The number of thiazole rings is 1. The first-order chi connectivity index (χ1) is 7.16. The highest BCUT2D eigenvalue weighted by Crippen LogP contribution is 2.35. The quantitative estimate of drug-likeness (QED) is 0.886. The van der Waals surface area contributed by atoms with Crippen molar-refractivity contribution in [2.75, 3.05) is 7.11 Å². The summed E-state index contributed by atoms with van der Waals surface area (Å²) in [5, 5.41) is 1.00. The lowest BCUT2D eigenvalue weighted by molar-refractivity contribution is 0.184. The van der Waals surface area contributed by atoms with Crippen LogP contribution >= 0.6 is 11.3 Å². The fourth-order valence-electron chi connectivity index (χ4n) is 1.49. The second-order valence-corrected chi connectivity index (χ2v) is 6.77. The third kappa shape index (κ3) is 3.03. The molecule has 0 aliphatic heterocycles. The molecule has 0 fully saturated rings. The maximum Gasteiger partial charge on any atom is 0.119 e. The summed E-state index contributed by atoms with van der Waals surface area (Å²) >= 11 is 1.66. The van der Waals surface area contributed by atoms with Crippen molar-refractivity contribution in [2.24, 2.45) is 5.73 Å². The van der Waals surface area contributed by atoms with E-state index in [1.54, 1.807) is 18.4 Å². The van der Waals surface area contributed by atoms with E-state index in [4.69, 9.17) is 10.5 Å². The molecular weight excluding hydrogens is 220 g/mol. The molecule has 0 atom stereocenters. The van der Waals surface area contributed by atoms with Crippen molar-refractivity contribution in [3.05, 3.63) is 15.6 Å². The highest BCUT2D eigenvalue weighted by atomic mass is 32.1. The number of aromatic nitrogens is 1. The zero-order valence-corrected chi connectivity index (χ0v) is 11.9. The van der Waals surface area contributed by atoms with Gasteiger partial charge in [0.15, 0.2) is 0 Å². The average molecular weight is 242 g/mol. The first kappa shape index (κ1) is 13.6. The van der Waals surface area contributed by atoms with Crippen molar-refractivity contribution in [1.29, 1.82) is 0 Å². The summed E-state index contributed by atoms with van der Waals surface area (Å²) in [7, 11) is 1.69. The molecule has 0 saturated heterocycles. The van der Waals surface area contributed by atoms with Gasteiger partial charge in [0, 0.05) is 22.9 Å². The minimum absolute atomic E-state index is 0.0223. The van der Waals surface area contributed by atoms with Gasteiger partial charge in [-0.05, 0) is 13.8 Å². The monoisotopic (exact) mass is 242 g/mol. The zero-order valence-electron chi connectivity index (χ0n) is 11.0. The molecule has 0 amide bonds. The molecule has 0 aliphatic carbocycles. The molecule has 1 aromatic heterocycles. The molecule has 0 spiro atoms. The Bertz CT molecular complexity index is 327. The van der Waals surface area contributed by atoms with Crippen LogP contribution in [0.15, 0.2) is 0 Å². The van der Waals surface area contributed by atoms with E-state index < -0.39 is 0 Å². The van der Waals surface area contributed by atoms with Crippen molar-refractivity contribution in [3.8, 4) is 0 Å². The van der Waals surface area contributed by atoms with Gasteiger partial charge in [0.1, 0.15) is 5.01 Å². The largest absolute Gasteiger partial charge is 0.378 e. The summed E-state index contributed by atoms with van der Waals surface area (Å²) in [4.78, 5) is 5.81. The van der Waals surface area contributed by atoms with Crippen molar-refractivity contribution in [1.82, 2.24) is 4.98 Å². The molecule has 92 valence electrons. The molecular formula is C12H22N2OS. The Labute approximate surface area is 102 Å². The van der Waals surface area contributed by atoms with Crippen molar-refractivity contribution >= 4 is 11.3 Å². The van der Waals surface area contributed by atoms with Gasteiger partial charge in [0.05, 0.1) is 12.3 Å². The Hall–Kier alpha value is -0.450. The molecule has 0 radical (unpaired) electrons. The van der Waals surface area contributed by atoms with Gasteiger partial charge in [-0.15, -0.1) is 11.3 Å². The highest BCUT2D eigenvalue weighted by Gasteiger charge is 2.29. The van der Waals surface area contributed by atoms with E-state index in [0.29, 0.717) is 6.61 Å². The van der Waals surface area contributed by atoms with Crippen LogP contribution < -0.4 is 5.73 Å². The van der Waals surface area contributed by atoms with E-state index in [0.717, 1.165) is 15.6 Å². The molecule has 0 bridgehead atoms. The molecule has 3 nitrogen and oxygen atoms in total. The summed E-state index contributed by atoms with van der Waals surface area (Å²) in [5.74, 6) is 0. The number of rotatable bonds is 3. The Morgan fingerprint density at radius 2 is 1.81 bits per heavy atom. The zero-order chi connectivity index (χ0) is 12.6. The van der Waals surface area contributed by atoms with Gasteiger partial charge in [-0.25, -0.2) is 4.98 Å². The Balaban J connectivity index is 3.24. The first-order valence-corrected chi connectivity index (χ1v) is 6.26. The summed E-state index contributed by atoms with van der Waals surface area (Å²) in [6.45, 7) is 11.1. The topological polar surface area (TPSA) is 48.1 Å². The number of hydrogen-bond donors (Lipinski definition) is 1. The normalized spacial score (nSPS) is 13.2. The molecule has 0 saturated carbocycles. The predicted octanol–water partition coefficient (Wildman–Crippen LogP) is 2.78. The number of ether oxygens (including phenoxy) is 1. The van der Waals surface area contributed by atoms with Crippen LogP contribution in [0, 0.1) is 0 Å². The van der Waals surface area contributed by atoms with Crippen LogP contribution in [0.25, 0.3) is 0 Å². The number of methoxy groups -OCH3 is 1. The standard InChI is InChI=1S/C12H22N2OS/c1-11(2,3)9-10(12(4,5)13)16-8(14-9)7-15-6/h7,13H2,1-6H3. The van der Waals surface area contributed by atoms with Crippen LogP contribution in [0.3, 0.4) is 0 Å². The van der Waals surface area contributed by atoms with Gasteiger partial charge in [-0.1, -0.05) is 20.8 Å². The predicted molar refractivity (Wildman–Crippen MR) is 68.7 cm³/mol. The Kier molecular flexibility index (Phi) is 3.77. The SMILES string of the molecule is COCc1nc(C(C)(C)C)c(C(C)(C)N)s1. The maximum absolute atomic E-state index is 6.19. The van der Waals surface area contributed by atoms with Gasteiger partial charge >= 0.3 is 0 Å². The fraction of sp³-hybridized carbons (Fsp3) is 0.750. The van der Waals surface area contributed by atoms with E-state index >= 15 is 0 Å². The average Bonchev–Trinajstić information content (AvgIpc) is 2.47. The third-order valence-corrected chi connectivity index (χ3v) is 3.60. The molecule has 0 unspecified atom stereocenters. The summed E-state index contributed by atoms with van der Waals surface area (Å²) in [6.07, 6.45) is 0. The molecule has 4 heteroatoms. The van der Waals surface area contributed by atoms with Gasteiger partial charge in [0.2, 0.25) is 0 Å². The fourth-order valence-corrected chi connectivity index (χ4v) is 2.76. The van der Waals surface area contributed by atoms with Crippen LogP contribution in [0.2, 0.25) is 0 Å². The minimum atomic E-state index is -0.341. The molecule has 1 rings (SSSR count). The highest BCUT2D eigenvalue weighted by molar-refractivity contribution is 7.11. The van der Waals surface area contributed by atoms with Gasteiger partial charge in [-0.3, -0.25) is 0 Å². The van der Waals surface area contributed by atoms with E-state index in [1.807, 2.05) is 13.8 Å². The smallest absolute Gasteiger partial charge is 0.119 e. The summed E-state index contributed by atoms with van der Waals surface area (Å²) in [5.41, 5.74) is 6.97. The van der Waals surface area contributed by atoms with E-state index in [1.165, 1.54) is 0 Å². The molecule has 2 N–H and O–H groups in total. The lowest BCUT2D eigenvalue weighted by Gasteiger charge is -2.24. The Morgan fingerprint density at radius 3 is 2.12 bits per heavy atom. The van der Waals surface area contributed by atoms with Gasteiger partial charge in [-0.2, -0.15) is 0 Å².